The van der Waals surface area contributed by atoms with Gasteiger partial charge in [-0.2, -0.15) is 0 Å². The van der Waals surface area contributed by atoms with Crippen LogP contribution in [0.4, 0.5) is 0 Å². The Labute approximate surface area is 143 Å². The van der Waals surface area contributed by atoms with Crippen LogP contribution in [0.2, 0.25) is 0 Å². The monoisotopic (exact) mass is 361 g/mol. The van der Waals surface area contributed by atoms with E-state index in [1.807, 2.05) is 0 Å². The molecule has 1 aliphatic rings. The predicted molar refractivity (Wildman–Crippen MR) is 91.7 cm³/mol. The van der Waals surface area contributed by atoms with E-state index in [4.69, 9.17) is 5.14 Å². The summed E-state index contributed by atoms with van der Waals surface area (Å²) in [4.78, 5) is 11.9. The molecule has 1 aliphatic heterocycles. The van der Waals surface area contributed by atoms with Gasteiger partial charge in [-0.3, -0.25) is 4.79 Å². The molecular formula is C15H24ClN3O3S. The van der Waals surface area contributed by atoms with Crippen LogP contribution in [0.15, 0.2) is 29.2 Å². The topological polar surface area (TPSA) is 101 Å². The van der Waals surface area contributed by atoms with Gasteiger partial charge in [-0.1, -0.05) is 12.1 Å². The van der Waals surface area contributed by atoms with Crippen molar-refractivity contribution in [3.63, 3.8) is 0 Å². The first kappa shape index (κ1) is 19.9. The Morgan fingerprint density at radius 2 is 2.00 bits per heavy atom. The highest BCUT2D eigenvalue weighted by Gasteiger charge is 2.14. The van der Waals surface area contributed by atoms with Crippen LogP contribution >= 0.6 is 12.4 Å². The third kappa shape index (κ3) is 6.87. The summed E-state index contributed by atoms with van der Waals surface area (Å²) in [6.07, 6.45) is 3.68. The molecular weight excluding hydrogens is 338 g/mol. The normalized spacial score (nSPS) is 15.7. The van der Waals surface area contributed by atoms with Gasteiger partial charge in [0, 0.05) is 13.0 Å². The van der Waals surface area contributed by atoms with Gasteiger partial charge in [0.25, 0.3) is 0 Å². The Balaban J connectivity index is 0.00000264. The van der Waals surface area contributed by atoms with Gasteiger partial charge in [0.15, 0.2) is 0 Å². The Bertz CT molecular complexity index is 616. The van der Waals surface area contributed by atoms with Crippen LogP contribution in [0.3, 0.4) is 0 Å². The lowest BCUT2D eigenvalue weighted by Crippen LogP contribution is -2.29. The molecule has 0 spiro atoms. The molecule has 23 heavy (non-hydrogen) atoms. The zero-order valence-corrected chi connectivity index (χ0v) is 14.6. The lowest BCUT2D eigenvalue weighted by atomic mass is 9.93. The van der Waals surface area contributed by atoms with E-state index in [2.05, 4.69) is 10.6 Å². The fraction of sp³-hybridized carbons (Fsp3) is 0.533. The van der Waals surface area contributed by atoms with Gasteiger partial charge in [-0.15, -0.1) is 12.4 Å². The Kier molecular flexibility index (Phi) is 7.98. The zero-order valence-electron chi connectivity index (χ0n) is 13.0. The van der Waals surface area contributed by atoms with Crippen LogP contribution in [-0.2, 0) is 21.4 Å². The molecule has 0 bridgehead atoms. The number of piperidine rings is 1. The number of nitrogens with two attached hydrogens (primary N) is 1. The molecule has 2 rings (SSSR count). The molecule has 1 aromatic rings. The van der Waals surface area contributed by atoms with Crippen molar-refractivity contribution in [2.24, 2.45) is 11.1 Å². The number of amides is 1. The van der Waals surface area contributed by atoms with Crippen molar-refractivity contribution in [1.82, 2.24) is 10.6 Å². The molecule has 0 aromatic heterocycles. The quantitative estimate of drug-likeness (QED) is 0.707. The van der Waals surface area contributed by atoms with Crippen LogP contribution in [0.5, 0.6) is 0 Å². The number of hydrogen-bond donors (Lipinski definition) is 3. The minimum absolute atomic E-state index is 0. The highest BCUT2D eigenvalue weighted by molar-refractivity contribution is 7.89. The van der Waals surface area contributed by atoms with Crippen LogP contribution < -0.4 is 15.8 Å². The van der Waals surface area contributed by atoms with Crippen molar-refractivity contribution in [1.29, 1.82) is 0 Å². The highest BCUT2D eigenvalue weighted by Crippen LogP contribution is 2.17. The maximum atomic E-state index is 11.9. The fourth-order valence-electron chi connectivity index (χ4n) is 2.63. The molecule has 1 amide bonds. The zero-order chi connectivity index (χ0) is 16.0. The molecule has 130 valence electrons. The van der Waals surface area contributed by atoms with E-state index in [1.165, 1.54) is 12.1 Å². The lowest BCUT2D eigenvalue weighted by molar-refractivity contribution is -0.121. The molecule has 0 saturated carbocycles. The van der Waals surface area contributed by atoms with Gasteiger partial charge in [0.2, 0.25) is 15.9 Å². The summed E-state index contributed by atoms with van der Waals surface area (Å²) in [5.41, 5.74) is 0.724. The minimum Gasteiger partial charge on any atom is -0.352 e. The number of halogens is 1. The highest BCUT2D eigenvalue weighted by atomic mass is 35.5. The average Bonchev–Trinajstić information content (AvgIpc) is 2.51. The van der Waals surface area contributed by atoms with E-state index in [9.17, 15) is 13.2 Å². The number of carbonyl (C=O) groups excluding carboxylic acids is 1. The van der Waals surface area contributed by atoms with E-state index in [-0.39, 0.29) is 23.2 Å². The van der Waals surface area contributed by atoms with E-state index < -0.39 is 10.0 Å². The summed E-state index contributed by atoms with van der Waals surface area (Å²) in [5.74, 6) is 0.622. The summed E-state index contributed by atoms with van der Waals surface area (Å²) in [5, 5.41) is 11.2. The second-order valence-corrected chi connectivity index (χ2v) is 7.26. The number of hydrogen-bond acceptors (Lipinski definition) is 4. The summed E-state index contributed by atoms with van der Waals surface area (Å²) < 4.78 is 22.6. The van der Waals surface area contributed by atoms with Crippen molar-refractivity contribution in [3.05, 3.63) is 29.8 Å². The Morgan fingerprint density at radius 3 is 2.65 bits per heavy atom. The molecule has 0 atom stereocenters. The fourth-order valence-corrected chi connectivity index (χ4v) is 3.21. The average molecular weight is 362 g/mol. The number of nitrogens with one attached hydrogen (secondary N) is 2. The van der Waals surface area contributed by atoms with E-state index in [0.29, 0.717) is 18.9 Å². The Hall–Kier alpha value is -1.15. The van der Waals surface area contributed by atoms with Gasteiger partial charge < -0.3 is 10.6 Å². The number of sulfonamides is 1. The predicted octanol–water partition coefficient (Wildman–Crippen LogP) is 1.15. The lowest BCUT2D eigenvalue weighted by Gasteiger charge is -2.22. The van der Waals surface area contributed by atoms with Crippen LogP contribution in [0.1, 0.15) is 31.2 Å². The molecule has 1 aromatic carbocycles. The van der Waals surface area contributed by atoms with Crippen molar-refractivity contribution in [2.45, 2.75) is 37.1 Å². The number of rotatable bonds is 6. The second kappa shape index (κ2) is 9.22. The van der Waals surface area contributed by atoms with E-state index in [0.717, 1.165) is 37.9 Å². The van der Waals surface area contributed by atoms with Crippen LogP contribution in [-0.4, -0.2) is 27.4 Å². The maximum Gasteiger partial charge on any atom is 0.238 e. The number of primary sulfonamides is 1. The molecule has 8 heteroatoms. The van der Waals surface area contributed by atoms with Gasteiger partial charge in [0.1, 0.15) is 0 Å². The Morgan fingerprint density at radius 1 is 1.30 bits per heavy atom. The third-order valence-corrected chi connectivity index (χ3v) is 4.87. The van der Waals surface area contributed by atoms with Crippen molar-refractivity contribution in [3.8, 4) is 0 Å². The van der Waals surface area contributed by atoms with Crippen molar-refractivity contribution >= 4 is 28.3 Å². The third-order valence-electron chi connectivity index (χ3n) is 3.96. The SMILES string of the molecule is Cl.NS(=O)(=O)c1cccc(CNC(=O)CCC2CCNCC2)c1. The summed E-state index contributed by atoms with van der Waals surface area (Å²) in [6.45, 7) is 2.38. The number of benzene rings is 1. The van der Waals surface area contributed by atoms with E-state index >= 15 is 0 Å². The van der Waals surface area contributed by atoms with Crippen LogP contribution in [0, 0.1) is 5.92 Å². The first-order valence-electron chi connectivity index (χ1n) is 7.54. The number of carbonyl (C=O) groups is 1. The van der Waals surface area contributed by atoms with Crippen LogP contribution in [0.25, 0.3) is 0 Å². The summed E-state index contributed by atoms with van der Waals surface area (Å²) in [7, 11) is -3.71. The molecule has 1 saturated heterocycles. The van der Waals surface area contributed by atoms with E-state index in [1.54, 1.807) is 12.1 Å². The van der Waals surface area contributed by atoms with Gasteiger partial charge in [-0.25, -0.2) is 13.6 Å². The molecule has 6 nitrogen and oxygen atoms in total. The maximum absolute atomic E-state index is 11.9. The molecule has 4 N–H and O–H groups in total. The molecule has 1 heterocycles. The first-order chi connectivity index (χ1) is 10.4. The van der Waals surface area contributed by atoms with Gasteiger partial charge in [-0.05, 0) is 56.0 Å². The second-order valence-electron chi connectivity index (χ2n) is 5.70. The summed E-state index contributed by atoms with van der Waals surface area (Å²) >= 11 is 0. The standard InChI is InChI=1S/C15H23N3O3S.ClH/c16-22(20,21)14-3-1-2-13(10-14)11-18-15(19)5-4-12-6-8-17-9-7-12;/h1-3,10,12,17H,4-9,11H2,(H,18,19)(H2,16,20,21);1H. The summed E-state index contributed by atoms with van der Waals surface area (Å²) in [6, 6.07) is 6.32. The first-order valence-corrected chi connectivity index (χ1v) is 9.09. The van der Waals surface area contributed by atoms with Gasteiger partial charge in [0.05, 0.1) is 4.90 Å². The smallest absolute Gasteiger partial charge is 0.238 e. The minimum atomic E-state index is -3.71. The molecule has 0 radical (unpaired) electrons. The molecule has 0 aliphatic carbocycles. The van der Waals surface area contributed by atoms with Gasteiger partial charge >= 0.3 is 0 Å². The molecule has 1 fully saturated rings. The van der Waals surface area contributed by atoms with Crippen molar-refractivity contribution in [2.75, 3.05) is 13.1 Å². The van der Waals surface area contributed by atoms with Crippen molar-refractivity contribution < 1.29 is 13.2 Å². The largest absolute Gasteiger partial charge is 0.352 e. The molecule has 0 unspecified atom stereocenters.